The number of aromatic nitrogens is 1. The molecule has 0 saturated carbocycles. The molecule has 94 valence electrons. The smallest absolute Gasteiger partial charge is 0.291 e. The maximum Gasteiger partial charge on any atom is 0.291 e. The van der Waals surface area contributed by atoms with E-state index in [2.05, 4.69) is 4.98 Å². The van der Waals surface area contributed by atoms with Crippen molar-refractivity contribution in [2.24, 2.45) is 0 Å². The second-order valence-electron chi connectivity index (χ2n) is 3.92. The fourth-order valence-electron chi connectivity index (χ4n) is 2.04. The van der Waals surface area contributed by atoms with Crippen molar-refractivity contribution in [3.63, 3.8) is 0 Å². The Morgan fingerprint density at radius 3 is 2.78 bits per heavy atom. The number of hydrogen-bond donors (Lipinski definition) is 2. The summed E-state index contributed by atoms with van der Waals surface area (Å²) in [6, 6.07) is 2.55. The zero-order valence-corrected chi connectivity index (χ0v) is 9.70. The van der Waals surface area contributed by atoms with Crippen LogP contribution in [-0.4, -0.2) is 38.5 Å². The molecule has 2 N–H and O–H groups in total. The van der Waals surface area contributed by atoms with E-state index in [0.29, 0.717) is 5.56 Å². The summed E-state index contributed by atoms with van der Waals surface area (Å²) in [4.78, 5) is 28.2. The zero-order chi connectivity index (χ0) is 13.3. The highest BCUT2D eigenvalue weighted by Gasteiger charge is 2.42. The average molecular weight is 248 g/mol. The Kier molecular flexibility index (Phi) is 3.12. The third-order valence-corrected chi connectivity index (χ3v) is 2.84. The van der Waals surface area contributed by atoms with Crippen LogP contribution in [0.2, 0.25) is 0 Å². The second-order valence-corrected chi connectivity index (χ2v) is 3.92. The van der Waals surface area contributed by atoms with Gasteiger partial charge in [0.2, 0.25) is 0 Å². The van der Waals surface area contributed by atoms with Gasteiger partial charge in [0.15, 0.2) is 11.5 Å². The predicted octanol–water partition coefficient (Wildman–Crippen LogP) is 0.316. The van der Waals surface area contributed by atoms with Crippen LogP contribution in [0.25, 0.3) is 0 Å². The van der Waals surface area contributed by atoms with E-state index in [9.17, 15) is 19.8 Å². The van der Waals surface area contributed by atoms with Gasteiger partial charge in [-0.25, -0.2) is 0 Å². The summed E-state index contributed by atoms with van der Waals surface area (Å²) < 4.78 is 0. The lowest BCUT2D eigenvalue weighted by Gasteiger charge is -2.23. The van der Waals surface area contributed by atoms with Gasteiger partial charge < -0.3 is 15.1 Å². The first-order valence-electron chi connectivity index (χ1n) is 5.33. The second kappa shape index (κ2) is 4.58. The molecular formula is C12H12N2O4. The van der Waals surface area contributed by atoms with E-state index in [1.54, 1.807) is 18.3 Å². The van der Waals surface area contributed by atoms with Crippen LogP contribution in [0.1, 0.15) is 18.5 Å². The van der Waals surface area contributed by atoms with Gasteiger partial charge in [-0.2, -0.15) is 0 Å². The number of pyridine rings is 1. The number of ketones is 1. The Morgan fingerprint density at radius 1 is 1.56 bits per heavy atom. The van der Waals surface area contributed by atoms with Gasteiger partial charge in [0.1, 0.15) is 6.73 Å². The van der Waals surface area contributed by atoms with E-state index in [1.807, 2.05) is 0 Å². The van der Waals surface area contributed by atoms with Crippen molar-refractivity contribution in [2.75, 3.05) is 6.73 Å². The lowest BCUT2D eigenvalue weighted by atomic mass is 9.98. The van der Waals surface area contributed by atoms with Gasteiger partial charge in [0, 0.05) is 12.4 Å². The Balaban J connectivity index is 2.55. The summed E-state index contributed by atoms with van der Waals surface area (Å²) in [7, 11) is 0. The van der Waals surface area contributed by atoms with E-state index in [-0.39, 0.29) is 5.57 Å². The summed E-state index contributed by atoms with van der Waals surface area (Å²) in [5.74, 6) is -1.77. The number of carbonyl (C=O) groups is 2. The number of rotatable bonds is 3. The molecule has 1 aliphatic rings. The lowest BCUT2D eigenvalue weighted by Crippen LogP contribution is -2.31. The first kappa shape index (κ1) is 12.3. The fraction of sp³-hybridized carbons (Fsp3) is 0.250. The van der Waals surface area contributed by atoms with Gasteiger partial charge in [-0.1, -0.05) is 6.07 Å². The molecule has 0 radical (unpaired) electrons. The van der Waals surface area contributed by atoms with Crippen molar-refractivity contribution in [3.8, 4) is 0 Å². The van der Waals surface area contributed by atoms with Gasteiger partial charge in [0.05, 0.1) is 11.6 Å². The molecule has 0 aromatic carbocycles. The van der Waals surface area contributed by atoms with Crippen LogP contribution in [0.3, 0.4) is 0 Å². The molecule has 0 saturated heterocycles. The number of aliphatic hydroxyl groups excluding tert-OH is 2. The summed E-state index contributed by atoms with van der Waals surface area (Å²) in [5.41, 5.74) is 0.552. The molecule has 0 fully saturated rings. The fourth-order valence-corrected chi connectivity index (χ4v) is 2.04. The Hall–Kier alpha value is -2.21. The van der Waals surface area contributed by atoms with Crippen LogP contribution in [0.15, 0.2) is 35.9 Å². The SMILES string of the molecule is CC(=O)C1=C(O)C(=O)N(CO)[C@H]1c1cccnc1. The van der Waals surface area contributed by atoms with Crippen LogP contribution in [0, 0.1) is 0 Å². The van der Waals surface area contributed by atoms with Crippen LogP contribution in [-0.2, 0) is 9.59 Å². The molecule has 2 heterocycles. The highest BCUT2D eigenvalue weighted by Crippen LogP contribution is 2.36. The number of amides is 1. The van der Waals surface area contributed by atoms with Crippen molar-refractivity contribution in [2.45, 2.75) is 13.0 Å². The van der Waals surface area contributed by atoms with E-state index >= 15 is 0 Å². The molecule has 2 rings (SSSR count). The number of nitrogens with zero attached hydrogens (tertiary/aromatic N) is 2. The van der Waals surface area contributed by atoms with Gasteiger partial charge in [-0.15, -0.1) is 0 Å². The van der Waals surface area contributed by atoms with E-state index in [4.69, 9.17) is 0 Å². The van der Waals surface area contributed by atoms with Crippen LogP contribution >= 0.6 is 0 Å². The highest BCUT2D eigenvalue weighted by molar-refractivity contribution is 6.08. The molecule has 6 nitrogen and oxygen atoms in total. The topological polar surface area (TPSA) is 90.7 Å². The normalized spacial score (nSPS) is 19.6. The maximum atomic E-state index is 11.7. The first-order valence-corrected chi connectivity index (χ1v) is 5.33. The van der Waals surface area contributed by atoms with E-state index in [1.165, 1.54) is 13.1 Å². The summed E-state index contributed by atoms with van der Waals surface area (Å²) >= 11 is 0. The summed E-state index contributed by atoms with van der Waals surface area (Å²) in [6.07, 6.45) is 3.04. The molecule has 0 bridgehead atoms. The lowest BCUT2D eigenvalue weighted by molar-refractivity contribution is -0.133. The molecule has 1 amide bonds. The Labute approximate surface area is 103 Å². The molecule has 18 heavy (non-hydrogen) atoms. The molecule has 0 unspecified atom stereocenters. The van der Waals surface area contributed by atoms with Crippen LogP contribution in [0.4, 0.5) is 0 Å². The number of Topliss-reactive ketones (excluding diaryl/α,β-unsaturated/α-hetero) is 1. The quantitative estimate of drug-likeness (QED) is 0.803. The average Bonchev–Trinajstić information content (AvgIpc) is 2.63. The molecule has 1 aromatic rings. The van der Waals surface area contributed by atoms with Gasteiger partial charge in [-0.05, 0) is 18.6 Å². The van der Waals surface area contributed by atoms with Crippen LogP contribution < -0.4 is 0 Å². The third-order valence-electron chi connectivity index (χ3n) is 2.84. The maximum absolute atomic E-state index is 11.7. The van der Waals surface area contributed by atoms with Crippen molar-refractivity contribution in [1.29, 1.82) is 0 Å². The number of hydrogen-bond acceptors (Lipinski definition) is 5. The Bertz CT molecular complexity index is 524. The van der Waals surface area contributed by atoms with Gasteiger partial charge >= 0.3 is 0 Å². The molecule has 0 spiro atoms. The van der Waals surface area contributed by atoms with Crippen molar-refractivity contribution in [1.82, 2.24) is 9.88 Å². The molecule has 6 heteroatoms. The molecular weight excluding hydrogens is 236 g/mol. The first-order chi connectivity index (χ1) is 8.57. The predicted molar refractivity (Wildman–Crippen MR) is 61.2 cm³/mol. The minimum atomic E-state index is -0.784. The van der Waals surface area contributed by atoms with Crippen LogP contribution in [0.5, 0.6) is 0 Å². The standard InChI is InChI=1S/C12H12N2O4/c1-7(16)9-10(8-3-2-4-13-5-8)14(6-15)12(18)11(9)17/h2-5,10,15,17H,6H2,1H3/t10-/m0/s1. The zero-order valence-electron chi connectivity index (χ0n) is 9.70. The van der Waals surface area contributed by atoms with Crippen molar-refractivity contribution in [3.05, 3.63) is 41.4 Å². The van der Waals surface area contributed by atoms with Gasteiger partial charge in [0.25, 0.3) is 5.91 Å². The monoisotopic (exact) mass is 248 g/mol. The van der Waals surface area contributed by atoms with Crippen molar-refractivity contribution < 1.29 is 19.8 Å². The van der Waals surface area contributed by atoms with E-state index in [0.717, 1.165) is 4.90 Å². The highest BCUT2D eigenvalue weighted by atomic mass is 16.3. The minimum absolute atomic E-state index is 0.0120. The number of aliphatic hydroxyl groups is 2. The van der Waals surface area contributed by atoms with E-state index < -0.39 is 30.2 Å². The molecule has 0 aliphatic carbocycles. The van der Waals surface area contributed by atoms with Gasteiger partial charge in [-0.3, -0.25) is 14.6 Å². The van der Waals surface area contributed by atoms with Crippen molar-refractivity contribution >= 4 is 11.7 Å². The minimum Gasteiger partial charge on any atom is -0.503 e. The number of carbonyl (C=O) groups excluding carboxylic acids is 2. The third kappa shape index (κ3) is 1.76. The Morgan fingerprint density at radius 2 is 2.28 bits per heavy atom. The molecule has 1 aromatic heterocycles. The summed E-state index contributed by atoms with van der Waals surface area (Å²) in [5, 5.41) is 18.9. The molecule has 1 aliphatic heterocycles. The molecule has 1 atom stereocenters. The summed E-state index contributed by atoms with van der Waals surface area (Å²) in [6.45, 7) is 0.683. The largest absolute Gasteiger partial charge is 0.503 e.